The molecule has 1 aromatic heterocycles. The molecule has 1 fully saturated rings. The molecule has 1 saturated heterocycles. The molecule has 2 aliphatic heterocycles. The zero-order valence-corrected chi connectivity index (χ0v) is 20.8. The lowest BCUT2D eigenvalue weighted by molar-refractivity contribution is -0.122. The van der Waals surface area contributed by atoms with E-state index in [4.69, 9.17) is 10.5 Å². The Kier molecular flexibility index (Phi) is 5.97. The van der Waals surface area contributed by atoms with Crippen molar-refractivity contribution in [3.8, 4) is 17.6 Å². The van der Waals surface area contributed by atoms with Crippen molar-refractivity contribution < 1.29 is 19.1 Å². The third kappa shape index (κ3) is 4.43. The van der Waals surface area contributed by atoms with Gasteiger partial charge in [0.2, 0.25) is 5.54 Å². The Bertz CT molecular complexity index is 1500. The molecule has 4 amide bonds. The molecular formula is C26H27N7O4. The average Bonchev–Trinajstić information content (AvgIpc) is 3.46. The summed E-state index contributed by atoms with van der Waals surface area (Å²) in [4.78, 5) is 41.7. The van der Waals surface area contributed by atoms with E-state index in [2.05, 4.69) is 32.5 Å². The van der Waals surface area contributed by atoms with Crippen LogP contribution in [-0.2, 0) is 17.9 Å². The minimum Gasteiger partial charge on any atom is -0.497 e. The number of imide groups is 1. The lowest BCUT2D eigenvalue weighted by Gasteiger charge is -2.26. The van der Waals surface area contributed by atoms with E-state index in [0.717, 1.165) is 23.0 Å². The molecule has 0 aliphatic carbocycles. The maximum absolute atomic E-state index is 13.1. The molecule has 11 heteroatoms. The van der Waals surface area contributed by atoms with Gasteiger partial charge in [-0.3, -0.25) is 19.6 Å². The van der Waals surface area contributed by atoms with Gasteiger partial charge >= 0.3 is 6.03 Å². The number of rotatable bonds is 6. The van der Waals surface area contributed by atoms with Crippen LogP contribution >= 0.6 is 0 Å². The number of benzene rings is 2. The van der Waals surface area contributed by atoms with Crippen molar-refractivity contribution in [3.05, 3.63) is 53.1 Å². The highest BCUT2D eigenvalue weighted by atomic mass is 16.5. The average molecular weight is 502 g/mol. The highest BCUT2D eigenvalue weighted by Gasteiger charge is 2.48. The predicted octanol–water partition coefficient (Wildman–Crippen LogP) is 0.774. The molecule has 1 atom stereocenters. The lowest BCUT2D eigenvalue weighted by Crippen LogP contribution is -2.54. The number of fused-ring (bicyclic) bond motifs is 2. The fourth-order valence-electron chi connectivity index (χ4n) is 4.54. The number of nitrogens with one attached hydrogen (secondary N) is 2. The number of hydrogen-bond donors (Lipinski definition) is 3. The summed E-state index contributed by atoms with van der Waals surface area (Å²) in [5.41, 5.74) is 7.34. The molecular weight excluding hydrogens is 474 g/mol. The van der Waals surface area contributed by atoms with Crippen LogP contribution in [0.2, 0.25) is 0 Å². The third-order valence-electron chi connectivity index (χ3n) is 6.52. The zero-order valence-electron chi connectivity index (χ0n) is 20.8. The molecule has 2 aromatic carbocycles. The molecule has 0 saturated carbocycles. The summed E-state index contributed by atoms with van der Waals surface area (Å²) in [6.45, 7) is 1.67. The maximum atomic E-state index is 13.1. The molecule has 37 heavy (non-hydrogen) atoms. The quantitative estimate of drug-likeness (QED) is 0.336. The number of aromatic nitrogens is 2. The standard InChI is InChI=1S/C26H27N7O4/c1-31(2)10-11-33-21-7-4-16(12-20(21)22(27)30-33)8-9-26(24(35)28-25(36)29-26)15-32-14-17-5-6-18(37-3)13-19(17)23(32)34/h4-7,12-13H,10-11,14-15H2,1-3H3,(H2,27,30)(H2,28,29,35,36). The first-order valence-electron chi connectivity index (χ1n) is 11.7. The van der Waals surface area contributed by atoms with Crippen molar-refractivity contribution in [2.45, 2.75) is 18.6 Å². The molecule has 5 rings (SSSR count). The highest BCUT2D eigenvalue weighted by molar-refractivity contribution is 6.10. The van der Waals surface area contributed by atoms with Crippen LogP contribution in [0.1, 0.15) is 21.5 Å². The van der Waals surface area contributed by atoms with Crippen LogP contribution in [0.3, 0.4) is 0 Å². The summed E-state index contributed by atoms with van der Waals surface area (Å²) in [5.74, 6) is 6.01. The van der Waals surface area contributed by atoms with Gasteiger partial charge in [0.05, 0.1) is 25.7 Å². The van der Waals surface area contributed by atoms with Gasteiger partial charge < -0.3 is 25.6 Å². The van der Waals surface area contributed by atoms with Crippen LogP contribution in [0, 0.1) is 11.8 Å². The zero-order chi connectivity index (χ0) is 26.3. The first-order chi connectivity index (χ1) is 17.7. The molecule has 2 aliphatic rings. The number of methoxy groups -OCH3 is 1. The van der Waals surface area contributed by atoms with E-state index in [1.54, 1.807) is 12.1 Å². The second kappa shape index (κ2) is 9.15. The molecule has 3 heterocycles. The van der Waals surface area contributed by atoms with Crippen LogP contribution in [0.15, 0.2) is 36.4 Å². The SMILES string of the molecule is COc1ccc2c(c1)C(=O)N(CC1(C#Cc3ccc4c(c3)c(N)nn4CCN(C)C)NC(=O)NC1=O)C2. The Hall–Kier alpha value is -4.56. The number of likely N-dealkylation sites (N-methyl/N-ethyl adjacent to an activating group) is 1. The van der Waals surface area contributed by atoms with E-state index in [9.17, 15) is 14.4 Å². The summed E-state index contributed by atoms with van der Waals surface area (Å²) in [6.07, 6.45) is 0. The summed E-state index contributed by atoms with van der Waals surface area (Å²) < 4.78 is 7.08. The van der Waals surface area contributed by atoms with E-state index in [1.165, 1.54) is 12.0 Å². The van der Waals surface area contributed by atoms with Crippen molar-refractivity contribution in [2.24, 2.45) is 0 Å². The van der Waals surface area contributed by atoms with Crippen molar-refractivity contribution >= 4 is 34.6 Å². The van der Waals surface area contributed by atoms with Crippen molar-refractivity contribution in [3.63, 3.8) is 0 Å². The number of hydrogen-bond acceptors (Lipinski definition) is 7. The fraction of sp³-hybridized carbons (Fsp3) is 0.308. The molecule has 0 bridgehead atoms. The van der Waals surface area contributed by atoms with Crippen molar-refractivity contribution in [1.29, 1.82) is 0 Å². The van der Waals surface area contributed by atoms with Gasteiger partial charge in [0.25, 0.3) is 11.8 Å². The Balaban J connectivity index is 1.44. The van der Waals surface area contributed by atoms with E-state index in [0.29, 0.717) is 35.8 Å². The Morgan fingerprint density at radius 3 is 2.70 bits per heavy atom. The molecule has 0 spiro atoms. The van der Waals surface area contributed by atoms with Crippen LogP contribution in [0.4, 0.5) is 10.6 Å². The summed E-state index contributed by atoms with van der Waals surface area (Å²) >= 11 is 0. The Morgan fingerprint density at radius 2 is 2.00 bits per heavy atom. The van der Waals surface area contributed by atoms with Crippen LogP contribution < -0.4 is 21.1 Å². The van der Waals surface area contributed by atoms with Crippen LogP contribution in [0.25, 0.3) is 10.9 Å². The Morgan fingerprint density at radius 1 is 1.19 bits per heavy atom. The van der Waals surface area contributed by atoms with Crippen LogP contribution in [-0.4, -0.2) is 77.3 Å². The number of carbonyl (C=O) groups excluding carboxylic acids is 3. The number of nitrogens with two attached hydrogens (primary N) is 1. The van der Waals surface area contributed by atoms with E-state index < -0.39 is 17.5 Å². The number of ether oxygens (including phenoxy) is 1. The minimum atomic E-state index is -1.60. The summed E-state index contributed by atoms with van der Waals surface area (Å²) in [6, 6.07) is 10.1. The summed E-state index contributed by atoms with van der Waals surface area (Å²) in [5, 5.41) is 10.1. The van der Waals surface area contributed by atoms with Crippen LogP contribution in [0.5, 0.6) is 5.75 Å². The van der Waals surface area contributed by atoms with Gasteiger partial charge in [-0.05, 0) is 50.0 Å². The number of anilines is 1. The first kappa shape index (κ1) is 24.1. The largest absolute Gasteiger partial charge is 0.497 e. The predicted molar refractivity (Wildman–Crippen MR) is 137 cm³/mol. The van der Waals surface area contributed by atoms with E-state index >= 15 is 0 Å². The molecule has 3 aromatic rings. The number of nitrogen functional groups attached to an aromatic ring is 1. The smallest absolute Gasteiger partial charge is 0.323 e. The van der Waals surface area contributed by atoms with Crippen molar-refractivity contribution in [1.82, 2.24) is 30.2 Å². The molecule has 0 radical (unpaired) electrons. The topological polar surface area (TPSA) is 135 Å². The maximum Gasteiger partial charge on any atom is 0.323 e. The number of carbonyl (C=O) groups is 3. The third-order valence-corrected chi connectivity index (χ3v) is 6.52. The normalized spacial score (nSPS) is 18.6. The molecule has 1 unspecified atom stereocenters. The highest BCUT2D eigenvalue weighted by Crippen LogP contribution is 2.29. The van der Waals surface area contributed by atoms with Gasteiger partial charge in [0.1, 0.15) is 5.75 Å². The summed E-state index contributed by atoms with van der Waals surface area (Å²) in [7, 11) is 5.51. The monoisotopic (exact) mass is 501 g/mol. The minimum absolute atomic E-state index is 0.111. The molecule has 11 nitrogen and oxygen atoms in total. The van der Waals surface area contributed by atoms with Gasteiger partial charge in [0, 0.05) is 29.6 Å². The van der Waals surface area contributed by atoms with Gasteiger partial charge in [-0.2, -0.15) is 5.10 Å². The van der Waals surface area contributed by atoms with Crippen molar-refractivity contribution in [2.75, 3.05) is 40.0 Å². The number of urea groups is 1. The Labute approximate surface area is 213 Å². The second-order valence-electron chi connectivity index (χ2n) is 9.39. The number of nitrogens with zero attached hydrogens (tertiary/aromatic N) is 4. The van der Waals surface area contributed by atoms with Gasteiger partial charge in [-0.1, -0.05) is 17.9 Å². The van der Waals surface area contributed by atoms with Gasteiger partial charge in [-0.25, -0.2) is 4.79 Å². The van der Waals surface area contributed by atoms with Gasteiger partial charge in [0.15, 0.2) is 5.82 Å². The molecule has 190 valence electrons. The van der Waals surface area contributed by atoms with Gasteiger partial charge in [-0.15, -0.1) is 0 Å². The molecule has 4 N–H and O–H groups in total. The first-order valence-corrected chi connectivity index (χ1v) is 11.7. The lowest BCUT2D eigenvalue weighted by atomic mass is 9.99. The second-order valence-corrected chi connectivity index (χ2v) is 9.39. The number of amides is 4. The van der Waals surface area contributed by atoms with E-state index in [-0.39, 0.29) is 12.5 Å². The fourth-order valence-corrected chi connectivity index (χ4v) is 4.54. The van der Waals surface area contributed by atoms with E-state index in [1.807, 2.05) is 43.0 Å².